The number of hydrogen-bond acceptors (Lipinski definition) is 4. The van der Waals surface area contributed by atoms with Crippen LogP contribution in [0.2, 0.25) is 0 Å². The second-order valence-electron chi connectivity index (χ2n) is 9.91. The monoisotopic (exact) mass is 508 g/mol. The molecule has 1 aliphatic carbocycles. The average molecular weight is 509 g/mol. The highest BCUT2D eigenvalue weighted by Gasteiger charge is 2.39. The number of rotatable bonds is 10. The van der Waals surface area contributed by atoms with Gasteiger partial charge in [0.25, 0.3) is 0 Å². The standard InChI is InChI=1S/C33H32O5/c1-3-5-14-26(34)31-25-13-9-10-15-27(25)38-32(31)33(4-2)19-18-24-23(20-33)16-17-28(37-21-29(35)36)30(24)22-11-7-6-8-12-22/h6-13,15-19H,3-5,14,20-21H2,1-2H3,(H,35,36). The molecule has 4 aromatic rings. The lowest BCUT2D eigenvalue weighted by atomic mass is 9.70. The van der Waals surface area contributed by atoms with Crippen LogP contribution in [-0.2, 0) is 16.6 Å². The third kappa shape index (κ3) is 4.65. The number of para-hydroxylation sites is 1. The maximum absolute atomic E-state index is 13.5. The summed E-state index contributed by atoms with van der Waals surface area (Å²) >= 11 is 0. The molecule has 0 saturated carbocycles. The van der Waals surface area contributed by atoms with Crippen LogP contribution >= 0.6 is 0 Å². The van der Waals surface area contributed by atoms with Crippen LogP contribution in [0.1, 0.15) is 66.8 Å². The Bertz CT molecular complexity index is 1510. The van der Waals surface area contributed by atoms with E-state index in [0.717, 1.165) is 58.2 Å². The lowest BCUT2D eigenvalue weighted by Gasteiger charge is -2.33. The second kappa shape index (κ2) is 10.7. The molecule has 0 saturated heterocycles. The summed E-state index contributed by atoms with van der Waals surface area (Å²) in [5.74, 6) is 0.371. The number of carbonyl (C=O) groups excluding carboxylic acids is 1. The number of unbranched alkanes of at least 4 members (excludes halogenated alkanes) is 1. The smallest absolute Gasteiger partial charge is 0.341 e. The van der Waals surface area contributed by atoms with Crippen LogP contribution in [-0.4, -0.2) is 23.5 Å². The van der Waals surface area contributed by atoms with Crippen molar-refractivity contribution in [1.29, 1.82) is 0 Å². The van der Waals surface area contributed by atoms with Crippen molar-refractivity contribution in [2.24, 2.45) is 0 Å². The number of allylic oxidation sites excluding steroid dienone is 1. The van der Waals surface area contributed by atoms with Crippen LogP contribution in [0.25, 0.3) is 28.2 Å². The number of fused-ring (bicyclic) bond motifs is 2. The van der Waals surface area contributed by atoms with Gasteiger partial charge < -0.3 is 14.3 Å². The number of carbonyl (C=O) groups is 2. The van der Waals surface area contributed by atoms with E-state index in [1.807, 2.05) is 66.7 Å². The van der Waals surface area contributed by atoms with Crippen LogP contribution in [0.3, 0.4) is 0 Å². The zero-order valence-electron chi connectivity index (χ0n) is 21.8. The number of aliphatic carboxylic acids is 1. The molecule has 1 aliphatic rings. The molecule has 0 spiro atoms. The molecule has 0 radical (unpaired) electrons. The summed E-state index contributed by atoms with van der Waals surface area (Å²) in [4.78, 5) is 24.7. The normalized spacial score (nSPS) is 16.4. The minimum atomic E-state index is -1.02. The molecule has 5 rings (SSSR count). The van der Waals surface area contributed by atoms with E-state index in [9.17, 15) is 14.7 Å². The molecule has 0 bridgehead atoms. The van der Waals surface area contributed by atoms with Gasteiger partial charge in [0.15, 0.2) is 12.4 Å². The Balaban J connectivity index is 1.65. The molecule has 3 aromatic carbocycles. The molecule has 1 heterocycles. The molecule has 1 aromatic heterocycles. The summed E-state index contributed by atoms with van der Waals surface area (Å²) < 4.78 is 12.2. The lowest BCUT2D eigenvalue weighted by molar-refractivity contribution is -0.139. The first kappa shape index (κ1) is 25.5. The Morgan fingerprint density at radius 1 is 1.00 bits per heavy atom. The maximum Gasteiger partial charge on any atom is 0.341 e. The van der Waals surface area contributed by atoms with Crippen molar-refractivity contribution in [3.8, 4) is 16.9 Å². The molecule has 1 atom stereocenters. The van der Waals surface area contributed by atoms with E-state index in [1.54, 1.807) is 0 Å². The van der Waals surface area contributed by atoms with E-state index in [2.05, 4.69) is 26.0 Å². The highest BCUT2D eigenvalue weighted by molar-refractivity contribution is 6.09. The van der Waals surface area contributed by atoms with Gasteiger partial charge in [-0.1, -0.05) is 87.0 Å². The van der Waals surface area contributed by atoms with Crippen LogP contribution in [0.4, 0.5) is 0 Å². The molecular weight excluding hydrogens is 476 g/mol. The van der Waals surface area contributed by atoms with E-state index in [4.69, 9.17) is 9.15 Å². The van der Waals surface area contributed by atoms with Crippen LogP contribution in [0.15, 0.2) is 77.2 Å². The van der Waals surface area contributed by atoms with Gasteiger partial charge in [0.05, 0.1) is 11.0 Å². The van der Waals surface area contributed by atoms with Crippen molar-refractivity contribution in [3.63, 3.8) is 0 Å². The Morgan fingerprint density at radius 2 is 1.76 bits per heavy atom. The van der Waals surface area contributed by atoms with Crippen molar-refractivity contribution in [2.75, 3.05) is 6.61 Å². The molecule has 5 heteroatoms. The van der Waals surface area contributed by atoms with Gasteiger partial charge in [0.2, 0.25) is 0 Å². The number of benzene rings is 3. The van der Waals surface area contributed by atoms with Crippen LogP contribution in [0, 0.1) is 0 Å². The summed E-state index contributed by atoms with van der Waals surface area (Å²) in [5, 5.41) is 10.1. The van der Waals surface area contributed by atoms with Gasteiger partial charge in [-0.3, -0.25) is 4.79 Å². The zero-order chi connectivity index (χ0) is 26.7. The third-order valence-electron chi connectivity index (χ3n) is 7.50. The summed E-state index contributed by atoms with van der Waals surface area (Å²) in [7, 11) is 0. The summed E-state index contributed by atoms with van der Waals surface area (Å²) in [6, 6.07) is 21.5. The molecule has 1 unspecified atom stereocenters. The van der Waals surface area contributed by atoms with Crippen LogP contribution in [0.5, 0.6) is 5.75 Å². The number of carboxylic acids is 1. The van der Waals surface area contributed by atoms with Gasteiger partial charge in [0, 0.05) is 17.4 Å². The maximum atomic E-state index is 13.5. The lowest BCUT2D eigenvalue weighted by Crippen LogP contribution is -2.30. The van der Waals surface area contributed by atoms with Crippen molar-refractivity contribution >= 4 is 28.8 Å². The summed E-state index contributed by atoms with van der Waals surface area (Å²) in [6.07, 6.45) is 7.96. The minimum absolute atomic E-state index is 0.126. The third-order valence-corrected chi connectivity index (χ3v) is 7.50. The molecular formula is C33H32O5. The predicted molar refractivity (Wildman–Crippen MR) is 150 cm³/mol. The van der Waals surface area contributed by atoms with Gasteiger partial charge in [-0.15, -0.1) is 0 Å². The van der Waals surface area contributed by atoms with E-state index >= 15 is 0 Å². The van der Waals surface area contributed by atoms with E-state index in [-0.39, 0.29) is 5.78 Å². The topological polar surface area (TPSA) is 76.7 Å². The quantitative estimate of drug-likeness (QED) is 0.221. The Kier molecular flexibility index (Phi) is 7.19. The fourth-order valence-corrected chi connectivity index (χ4v) is 5.49. The highest BCUT2D eigenvalue weighted by Crippen LogP contribution is 2.47. The first-order valence-electron chi connectivity index (χ1n) is 13.3. The second-order valence-corrected chi connectivity index (χ2v) is 9.91. The van der Waals surface area contributed by atoms with Gasteiger partial charge in [0.1, 0.15) is 17.1 Å². The largest absolute Gasteiger partial charge is 0.481 e. The Labute approximate surface area is 222 Å². The molecule has 0 amide bonds. The number of Topliss-reactive ketones (excluding diaryl/α,β-unsaturated/α-hetero) is 1. The van der Waals surface area contributed by atoms with E-state index in [0.29, 0.717) is 24.2 Å². The summed E-state index contributed by atoms with van der Waals surface area (Å²) in [6.45, 7) is 3.81. The molecule has 0 aliphatic heterocycles. The predicted octanol–water partition coefficient (Wildman–Crippen LogP) is 7.85. The average Bonchev–Trinajstić information content (AvgIpc) is 3.35. The fourth-order valence-electron chi connectivity index (χ4n) is 5.49. The molecule has 194 valence electrons. The number of furan rings is 1. The van der Waals surface area contributed by atoms with Gasteiger partial charge in [-0.25, -0.2) is 4.79 Å². The summed E-state index contributed by atoms with van der Waals surface area (Å²) in [5.41, 5.74) is 4.87. The van der Waals surface area contributed by atoms with Crippen LogP contribution < -0.4 is 4.74 Å². The van der Waals surface area contributed by atoms with E-state index < -0.39 is 18.0 Å². The van der Waals surface area contributed by atoms with Gasteiger partial charge in [-0.05, 0) is 48.1 Å². The SMILES string of the molecule is CCCCC(=O)c1c(C2(CC)C=Cc3c(ccc(OCC(=O)O)c3-c3ccccc3)C2)oc2ccccc12. The molecule has 0 fully saturated rings. The number of ketones is 1. The zero-order valence-corrected chi connectivity index (χ0v) is 21.8. The molecule has 38 heavy (non-hydrogen) atoms. The fraction of sp³-hybridized carbons (Fsp3) is 0.273. The molecule has 5 nitrogen and oxygen atoms in total. The number of carboxylic acid groups (broad SMARTS) is 1. The van der Waals surface area contributed by atoms with Gasteiger partial charge >= 0.3 is 5.97 Å². The first-order valence-corrected chi connectivity index (χ1v) is 13.3. The van der Waals surface area contributed by atoms with Gasteiger partial charge in [-0.2, -0.15) is 0 Å². The minimum Gasteiger partial charge on any atom is -0.481 e. The Hall–Kier alpha value is -4.12. The van der Waals surface area contributed by atoms with Crippen molar-refractivity contribution in [3.05, 3.63) is 95.3 Å². The van der Waals surface area contributed by atoms with Crippen molar-refractivity contribution < 1.29 is 23.8 Å². The van der Waals surface area contributed by atoms with Crippen molar-refractivity contribution in [1.82, 2.24) is 0 Å². The van der Waals surface area contributed by atoms with Crippen molar-refractivity contribution in [2.45, 2.75) is 51.4 Å². The first-order chi connectivity index (χ1) is 18.5. The van der Waals surface area contributed by atoms with E-state index in [1.165, 1.54) is 0 Å². The molecule has 1 N–H and O–H groups in total. The highest BCUT2D eigenvalue weighted by atomic mass is 16.5. The Morgan fingerprint density at radius 3 is 2.50 bits per heavy atom. The number of ether oxygens (including phenoxy) is 1. The number of hydrogen-bond donors (Lipinski definition) is 1.